The van der Waals surface area contributed by atoms with Crippen molar-refractivity contribution in [2.24, 2.45) is 0 Å². The minimum absolute atomic E-state index is 0.0811. The number of alkyl halides is 6. The molecule has 1 amide bonds. The Morgan fingerprint density at radius 1 is 0.878 bits per heavy atom. The van der Waals surface area contributed by atoms with Crippen molar-refractivity contribution in [2.45, 2.75) is 63.1 Å². The number of rotatable bonds is 4. The molecular weight excluding hydrogens is 567 g/mol. The molecule has 2 N–H and O–H groups in total. The second-order valence-electron chi connectivity index (χ2n) is 9.39. The van der Waals surface area contributed by atoms with E-state index in [1.807, 2.05) is 29.3 Å². The van der Waals surface area contributed by atoms with E-state index in [0.29, 0.717) is 13.0 Å². The van der Waals surface area contributed by atoms with Crippen molar-refractivity contribution in [3.8, 4) is 0 Å². The molecule has 15 heteroatoms. The average molecular weight is 596 g/mol. The standard InChI is InChI=1S/C22H26FN3O.2C2HF3O2/c23-19-6-3-5-18(15-19)16-26-21(27)8-10-22(26)9-4-13-25(14-11-22)17-20-7-1-2-12-24-20;2*3-2(4,5)1(6)7/h1-3,5-7,12,15H,4,8-11,13-14,16-17H2;2*(H,6,7). The van der Waals surface area contributed by atoms with Gasteiger partial charge < -0.3 is 15.1 Å². The molecule has 4 rings (SSSR count). The molecule has 2 fully saturated rings. The summed E-state index contributed by atoms with van der Waals surface area (Å²) < 4.78 is 77.1. The maximum absolute atomic E-state index is 13.6. The molecule has 0 aliphatic carbocycles. The Balaban J connectivity index is 0.000000349. The number of pyridine rings is 1. The first-order valence-corrected chi connectivity index (χ1v) is 12.3. The molecule has 3 heterocycles. The number of nitrogens with zero attached hydrogens (tertiary/aromatic N) is 3. The van der Waals surface area contributed by atoms with Crippen LogP contribution in [0.5, 0.6) is 0 Å². The molecule has 1 spiro atoms. The second kappa shape index (κ2) is 14.2. The summed E-state index contributed by atoms with van der Waals surface area (Å²) in [4.78, 5) is 39.3. The molecule has 2 aliphatic rings. The van der Waals surface area contributed by atoms with Gasteiger partial charge in [-0.2, -0.15) is 26.3 Å². The zero-order chi connectivity index (χ0) is 30.8. The molecule has 41 heavy (non-hydrogen) atoms. The van der Waals surface area contributed by atoms with Gasteiger partial charge in [0.25, 0.3) is 0 Å². The molecule has 1 aromatic carbocycles. The van der Waals surface area contributed by atoms with Crippen LogP contribution >= 0.6 is 0 Å². The molecule has 0 radical (unpaired) electrons. The van der Waals surface area contributed by atoms with E-state index in [4.69, 9.17) is 19.8 Å². The van der Waals surface area contributed by atoms with Crippen molar-refractivity contribution in [3.63, 3.8) is 0 Å². The summed E-state index contributed by atoms with van der Waals surface area (Å²) in [5.41, 5.74) is 1.88. The largest absolute Gasteiger partial charge is 0.490 e. The fourth-order valence-corrected chi connectivity index (χ4v) is 4.58. The number of benzene rings is 1. The summed E-state index contributed by atoms with van der Waals surface area (Å²) in [7, 11) is 0. The predicted octanol–water partition coefficient (Wildman–Crippen LogP) is 5.03. The Labute approximate surface area is 230 Å². The Bertz CT molecular complexity index is 1150. The molecular formula is C26H28F7N3O5. The quantitative estimate of drug-likeness (QED) is 0.477. The van der Waals surface area contributed by atoms with Gasteiger partial charge in [-0.1, -0.05) is 18.2 Å². The fraction of sp³-hybridized carbons (Fsp3) is 0.462. The number of carbonyl (C=O) groups excluding carboxylic acids is 1. The first-order valence-electron chi connectivity index (χ1n) is 12.3. The fourth-order valence-electron chi connectivity index (χ4n) is 4.58. The summed E-state index contributed by atoms with van der Waals surface area (Å²) in [6.45, 7) is 3.36. The Hall–Kier alpha value is -3.75. The number of aliphatic carboxylic acids is 2. The SMILES string of the molecule is O=C(O)C(F)(F)F.O=C(O)C(F)(F)F.O=C1CCC2(CCCN(Cc3ccccn3)CC2)N1Cc1cccc(F)c1. The van der Waals surface area contributed by atoms with Gasteiger partial charge >= 0.3 is 24.3 Å². The van der Waals surface area contributed by atoms with Crippen LogP contribution in [0.25, 0.3) is 0 Å². The van der Waals surface area contributed by atoms with Crippen molar-refractivity contribution in [2.75, 3.05) is 13.1 Å². The van der Waals surface area contributed by atoms with Gasteiger partial charge in [0.1, 0.15) is 5.82 Å². The van der Waals surface area contributed by atoms with Crippen molar-refractivity contribution < 1.29 is 55.3 Å². The Kier molecular flexibility index (Phi) is 11.6. The highest BCUT2D eigenvalue weighted by atomic mass is 19.4. The van der Waals surface area contributed by atoms with Gasteiger partial charge in [-0.25, -0.2) is 14.0 Å². The van der Waals surface area contributed by atoms with Gasteiger partial charge in [0.15, 0.2) is 0 Å². The lowest BCUT2D eigenvalue weighted by Gasteiger charge is -2.38. The number of halogens is 7. The van der Waals surface area contributed by atoms with Crippen LogP contribution in [0.4, 0.5) is 30.7 Å². The number of hydrogen-bond acceptors (Lipinski definition) is 5. The molecule has 8 nitrogen and oxygen atoms in total. The highest BCUT2D eigenvalue weighted by Gasteiger charge is 2.45. The van der Waals surface area contributed by atoms with Gasteiger partial charge in [-0.15, -0.1) is 0 Å². The number of aromatic nitrogens is 1. The van der Waals surface area contributed by atoms with E-state index in [1.54, 1.807) is 12.1 Å². The van der Waals surface area contributed by atoms with Gasteiger partial charge in [0.2, 0.25) is 5.91 Å². The van der Waals surface area contributed by atoms with Gasteiger partial charge in [0.05, 0.1) is 5.69 Å². The van der Waals surface area contributed by atoms with Crippen LogP contribution in [-0.4, -0.2) is 73.8 Å². The third kappa shape index (κ3) is 10.6. The Morgan fingerprint density at radius 3 is 2.05 bits per heavy atom. The molecule has 0 saturated carbocycles. The molecule has 2 aliphatic heterocycles. The predicted molar refractivity (Wildman–Crippen MR) is 130 cm³/mol. The summed E-state index contributed by atoms with van der Waals surface area (Å²) in [5, 5.41) is 14.2. The van der Waals surface area contributed by atoms with Crippen LogP contribution in [-0.2, 0) is 27.5 Å². The first kappa shape index (κ1) is 33.5. The maximum Gasteiger partial charge on any atom is 0.490 e. The van der Waals surface area contributed by atoms with E-state index in [9.17, 15) is 35.5 Å². The third-order valence-corrected chi connectivity index (χ3v) is 6.51. The van der Waals surface area contributed by atoms with Crippen molar-refractivity contribution in [3.05, 3.63) is 65.7 Å². The lowest BCUT2D eigenvalue weighted by Crippen LogP contribution is -2.45. The molecule has 2 aromatic rings. The number of amides is 1. The zero-order valence-corrected chi connectivity index (χ0v) is 21.6. The topological polar surface area (TPSA) is 111 Å². The molecule has 1 aromatic heterocycles. The monoisotopic (exact) mass is 595 g/mol. The normalized spacial score (nSPS) is 19.5. The summed E-state index contributed by atoms with van der Waals surface area (Å²) in [5.74, 6) is -5.55. The molecule has 1 unspecified atom stereocenters. The van der Waals surface area contributed by atoms with Gasteiger partial charge in [-0.05, 0) is 62.1 Å². The summed E-state index contributed by atoms with van der Waals surface area (Å²) >= 11 is 0. The van der Waals surface area contributed by atoms with Crippen LogP contribution < -0.4 is 0 Å². The molecule has 0 bridgehead atoms. The van der Waals surface area contributed by atoms with Gasteiger partial charge in [0, 0.05) is 37.8 Å². The van der Waals surface area contributed by atoms with Crippen LogP contribution in [0.2, 0.25) is 0 Å². The van der Waals surface area contributed by atoms with Crippen molar-refractivity contribution in [1.82, 2.24) is 14.8 Å². The van der Waals surface area contributed by atoms with E-state index >= 15 is 0 Å². The van der Waals surface area contributed by atoms with E-state index in [-0.39, 0.29) is 17.3 Å². The van der Waals surface area contributed by atoms with Crippen LogP contribution in [0.15, 0.2) is 48.7 Å². The summed E-state index contributed by atoms with van der Waals surface area (Å²) in [6, 6.07) is 12.7. The highest BCUT2D eigenvalue weighted by molar-refractivity contribution is 5.79. The van der Waals surface area contributed by atoms with E-state index in [1.165, 1.54) is 6.07 Å². The maximum atomic E-state index is 13.6. The lowest BCUT2D eigenvalue weighted by molar-refractivity contribution is -0.193. The minimum Gasteiger partial charge on any atom is -0.475 e. The summed E-state index contributed by atoms with van der Waals surface area (Å²) in [6.07, 6.45) is -3.74. The molecule has 1 atom stereocenters. The van der Waals surface area contributed by atoms with Crippen LogP contribution in [0, 0.1) is 5.82 Å². The van der Waals surface area contributed by atoms with Crippen molar-refractivity contribution in [1.29, 1.82) is 0 Å². The number of carbonyl (C=O) groups is 3. The van der Waals surface area contributed by atoms with Crippen LogP contribution in [0.3, 0.4) is 0 Å². The van der Waals surface area contributed by atoms with E-state index in [2.05, 4.69) is 16.0 Å². The van der Waals surface area contributed by atoms with Crippen LogP contribution in [0.1, 0.15) is 43.4 Å². The molecule has 226 valence electrons. The third-order valence-electron chi connectivity index (χ3n) is 6.51. The zero-order valence-electron chi connectivity index (χ0n) is 21.6. The number of hydrogen-bond donors (Lipinski definition) is 2. The van der Waals surface area contributed by atoms with Gasteiger partial charge in [-0.3, -0.25) is 14.7 Å². The van der Waals surface area contributed by atoms with E-state index in [0.717, 1.165) is 56.6 Å². The molecule has 2 saturated heterocycles. The highest BCUT2D eigenvalue weighted by Crippen LogP contribution is 2.40. The number of carboxylic acids is 2. The van der Waals surface area contributed by atoms with Crippen molar-refractivity contribution >= 4 is 17.8 Å². The lowest BCUT2D eigenvalue weighted by atomic mass is 9.87. The average Bonchev–Trinajstić information content (AvgIpc) is 3.04. The smallest absolute Gasteiger partial charge is 0.475 e. The minimum atomic E-state index is -5.08. The second-order valence-corrected chi connectivity index (χ2v) is 9.39. The first-order chi connectivity index (χ1) is 19.0. The number of likely N-dealkylation sites (tertiary alicyclic amines) is 2. The number of carboxylic acid groups (broad SMARTS) is 2. The Morgan fingerprint density at radius 2 is 1.51 bits per heavy atom. The van der Waals surface area contributed by atoms with E-state index < -0.39 is 24.3 Å².